The number of methoxy groups -OCH3 is 1. The average molecular weight is 171 g/mol. The number of hydrogen-bond donors (Lipinski definition) is 1. The molecule has 70 valence electrons. The highest BCUT2D eigenvalue weighted by Gasteiger charge is 2.43. The third-order valence-electron chi connectivity index (χ3n) is 2.35. The monoisotopic (exact) mass is 171 g/mol. The Balaban J connectivity index is 2.21. The molecule has 3 nitrogen and oxygen atoms in total. The van der Waals surface area contributed by atoms with Gasteiger partial charge in [0.1, 0.15) is 0 Å². The van der Waals surface area contributed by atoms with Crippen LogP contribution in [0, 0.1) is 5.92 Å². The maximum absolute atomic E-state index is 11.2. The van der Waals surface area contributed by atoms with E-state index >= 15 is 0 Å². The summed E-state index contributed by atoms with van der Waals surface area (Å²) >= 11 is 0. The molecule has 0 heterocycles. The third-order valence-corrected chi connectivity index (χ3v) is 2.35. The number of hydrogen-bond acceptors (Lipinski definition) is 2. The molecule has 1 amide bonds. The lowest BCUT2D eigenvalue weighted by atomic mass is 10.2. The van der Waals surface area contributed by atoms with E-state index in [0.29, 0.717) is 6.54 Å². The highest BCUT2D eigenvalue weighted by Crippen LogP contribution is 2.37. The summed E-state index contributed by atoms with van der Waals surface area (Å²) in [4.78, 5) is 11.2. The fourth-order valence-corrected chi connectivity index (χ4v) is 1.04. The van der Waals surface area contributed by atoms with E-state index in [0.717, 1.165) is 12.8 Å². The molecular formula is C9H17NO2. The number of carbonyl (C=O) groups is 1. The minimum absolute atomic E-state index is 0.0233. The minimum Gasteiger partial charge on any atom is -0.376 e. The normalized spacial score (nSPS) is 19.3. The summed E-state index contributed by atoms with van der Waals surface area (Å²) in [6, 6.07) is 0. The zero-order valence-corrected chi connectivity index (χ0v) is 8.02. The second kappa shape index (κ2) is 3.44. The molecular weight excluding hydrogens is 154 g/mol. The van der Waals surface area contributed by atoms with Gasteiger partial charge in [-0.3, -0.25) is 4.79 Å². The predicted octanol–water partition coefficient (Wildman–Crippen LogP) is 0.938. The smallest absolute Gasteiger partial charge is 0.222 e. The van der Waals surface area contributed by atoms with Gasteiger partial charge in [0.25, 0.3) is 0 Å². The Hall–Kier alpha value is -0.570. The molecule has 0 saturated heterocycles. The van der Waals surface area contributed by atoms with E-state index in [1.54, 1.807) is 7.11 Å². The molecule has 0 aliphatic heterocycles. The van der Waals surface area contributed by atoms with Crippen molar-refractivity contribution in [1.82, 2.24) is 5.32 Å². The van der Waals surface area contributed by atoms with Crippen LogP contribution in [-0.2, 0) is 9.53 Å². The van der Waals surface area contributed by atoms with Crippen molar-refractivity contribution in [2.24, 2.45) is 5.92 Å². The molecule has 1 rings (SSSR count). The molecule has 3 heteroatoms. The van der Waals surface area contributed by atoms with Crippen molar-refractivity contribution in [3.05, 3.63) is 0 Å². The maximum Gasteiger partial charge on any atom is 0.222 e. The van der Waals surface area contributed by atoms with E-state index in [-0.39, 0.29) is 17.4 Å². The molecule has 1 saturated carbocycles. The number of carbonyl (C=O) groups excluding carboxylic acids is 1. The number of ether oxygens (including phenoxy) is 1. The second-order valence-electron chi connectivity index (χ2n) is 3.76. The highest BCUT2D eigenvalue weighted by atomic mass is 16.5. The highest BCUT2D eigenvalue weighted by molar-refractivity contribution is 5.77. The van der Waals surface area contributed by atoms with Crippen LogP contribution in [0.25, 0.3) is 0 Å². The fourth-order valence-electron chi connectivity index (χ4n) is 1.04. The molecule has 1 N–H and O–H groups in total. The van der Waals surface area contributed by atoms with Crippen LogP contribution in [-0.4, -0.2) is 25.2 Å². The van der Waals surface area contributed by atoms with Crippen molar-refractivity contribution in [3.63, 3.8) is 0 Å². The average Bonchev–Trinajstić information content (AvgIpc) is 2.81. The molecule has 0 radical (unpaired) electrons. The Bertz CT molecular complexity index is 173. The van der Waals surface area contributed by atoms with E-state index in [1.165, 1.54) is 0 Å². The zero-order valence-electron chi connectivity index (χ0n) is 8.02. The van der Waals surface area contributed by atoms with Crippen LogP contribution in [0.15, 0.2) is 0 Å². The molecule has 0 aromatic heterocycles. The van der Waals surface area contributed by atoms with Gasteiger partial charge in [0, 0.05) is 19.6 Å². The largest absolute Gasteiger partial charge is 0.376 e. The maximum atomic E-state index is 11.2. The number of rotatable bonds is 4. The van der Waals surface area contributed by atoms with Gasteiger partial charge in [-0.05, 0) is 12.8 Å². The Labute approximate surface area is 73.5 Å². The molecule has 0 unspecified atom stereocenters. The van der Waals surface area contributed by atoms with E-state index in [9.17, 15) is 4.79 Å². The van der Waals surface area contributed by atoms with E-state index in [4.69, 9.17) is 4.74 Å². The lowest BCUT2D eigenvalue weighted by molar-refractivity contribution is -0.124. The van der Waals surface area contributed by atoms with Gasteiger partial charge in [0.05, 0.1) is 5.60 Å². The van der Waals surface area contributed by atoms with Crippen LogP contribution in [0.1, 0.15) is 26.7 Å². The second-order valence-corrected chi connectivity index (χ2v) is 3.76. The molecule has 1 fully saturated rings. The molecule has 0 aromatic carbocycles. The fraction of sp³-hybridized carbons (Fsp3) is 0.889. The molecule has 12 heavy (non-hydrogen) atoms. The SMILES string of the molecule is COC1(CNC(=O)C(C)C)CC1. The van der Waals surface area contributed by atoms with Crippen molar-refractivity contribution >= 4 is 5.91 Å². The van der Waals surface area contributed by atoms with Gasteiger partial charge < -0.3 is 10.1 Å². The predicted molar refractivity (Wildman–Crippen MR) is 46.8 cm³/mol. The van der Waals surface area contributed by atoms with Gasteiger partial charge in [-0.15, -0.1) is 0 Å². The Morgan fingerprint density at radius 1 is 1.58 bits per heavy atom. The quantitative estimate of drug-likeness (QED) is 0.683. The van der Waals surface area contributed by atoms with Crippen molar-refractivity contribution in [2.45, 2.75) is 32.3 Å². The molecule has 0 bridgehead atoms. The summed E-state index contributed by atoms with van der Waals surface area (Å²) in [5.41, 5.74) is -0.0233. The van der Waals surface area contributed by atoms with E-state index < -0.39 is 0 Å². The molecule has 0 aromatic rings. The van der Waals surface area contributed by atoms with Gasteiger partial charge in [-0.2, -0.15) is 0 Å². The zero-order chi connectivity index (χ0) is 9.19. The Morgan fingerprint density at radius 3 is 2.50 bits per heavy atom. The molecule has 1 aliphatic carbocycles. The minimum atomic E-state index is -0.0233. The first-order valence-corrected chi connectivity index (χ1v) is 4.42. The van der Waals surface area contributed by atoms with E-state index in [1.807, 2.05) is 13.8 Å². The van der Waals surface area contributed by atoms with Gasteiger partial charge in [0.15, 0.2) is 0 Å². The third kappa shape index (κ3) is 2.21. The first kappa shape index (κ1) is 9.52. The lowest BCUT2D eigenvalue weighted by Crippen LogP contribution is -2.36. The first-order valence-electron chi connectivity index (χ1n) is 4.42. The standard InChI is InChI=1S/C9H17NO2/c1-7(2)8(11)10-6-9(12-3)4-5-9/h7H,4-6H2,1-3H3,(H,10,11). The van der Waals surface area contributed by atoms with Crippen LogP contribution in [0.3, 0.4) is 0 Å². The van der Waals surface area contributed by atoms with Crippen LogP contribution >= 0.6 is 0 Å². The van der Waals surface area contributed by atoms with E-state index in [2.05, 4.69) is 5.32 Å². The lowest BCUT2D eigenvalue weighted by Gasteiger charge is -2.14. The van der Waals surface area contributed by atoms with Gasteiger partial charge >= 0.3 is 0 Å². The van der Waals surface area contributed by atoms with Crippen LogP contribution in [0.2, 0.25) is 0 Å². The summed E-state index contributed by atoms with van der Waals surface area (Å²) in [5, 5.41) is 2.87. The van der Waals surface area contributed by atoms with Gasteiger partial charge in [0.2, 0.25) is 5.91 Å². The summed E-state index contributed by atoms with van der Waals surface area (Å²) in [7, 11) is 1.70. The summed E-state index contributed by atoms with van der Waals surface area (Å²) in [5.74, 6) is 0.177. The van der Waals surface area contributed by atoms with Crippen molar-refractivity contribution in [2.75, 3.05) is 13.7 Å². The first-order chi connectivity index (χ1) is 5.59. The van der Waals surface area contributed by atoms with Crippen LogP contribution in [0.4, 0.5) is 0 Å². The molecule has 1 aliphatic rings. The molecule has 0 atom stereocenters. The van der Waals surface area contributed by atoms with Crippen LogP contribution < -0.4 is 5.32 Å². The van der Waals surface area contributed by atoms with Crippen molar-refractivity contribution < 1.29 is 9.53 Å². The van der Waals surface area contributed by atoms with Crippen molar-refractivity contribution in [3.8, 4) is 0 Å². The summed E-state index contributed by atoms with van der Waals surface area (Å²) in [6.45, 7) is 4.45. The van der Waals surface area contributed by atoms with Crippen LogP contribution in [0.5, 0.6) is 0 Å². The number of amides is 1. The Kier molecular flexibility index (Phi) is 2.73. The van der Waals surface area contributed by atoms with Gasteiger partial charge in [-0.1, -0.05) is 13.8 Å². The summed E-state index contributed by atoms with van der Waals surface area (Å²) < 4.78 is 5.26. The number of nitrogens with one attached hydrogen (secondary N) is 1. The van der Waals surface area contributed by atoms with Gasteiger partial charge in [-0.25, -0.2) is 0 Å². The van der Waals surface area contributed by atoms with Crippen molar-refractivity contribution in [1.29, 1.82) is 0 Å². The Morgan fingerprint density at radius 2 is 2.17 bits per heavy atom. The summed E-state index contributed by atoms with van der Waals surface area (Å²) in [6.07, 6.45) is 2.14. The topological polar surface area (TPSA) is 38.3 Å². The molecule has 0 spiro atoms.